The monoisotopic (exact) mass is 212 g/mol. The van der Waals surface area contributed by atoms with Gasteiger partial charge in [-0.3, -0.25) is 4.90 Å². The van der Waals surface area contributed by atoms with E-state index in [9.17, 15) is 8.78 Å². The second-order valence-electron chi connectivity index (χ2n) is 4.00. The van der Waals surface area contributed by atoms with Gasteiger partial charge in [0, 0.05) is 31.2 Å². The van der Waals surface area contributed by atoms with Gasteiger partial charge < -0.3 is 5.73 Å². The maximum atomic E-state index is 12.4. The molecular formula is C11H14F2N2. The van der Waals surface area contributed by atoms with Crippen LogP contribution in [-0.4, -0.2) is 24.0 Å². The maximum Gasteiger partial charge on any atom is 0.263 e. The molecule has 1 heterocycles. The number of benzene rings is 1. The molecule has 4 heteroatoms. The molecular weight excluding hydrogens is 198 g/mol. The van der Waals surface area contributed by atoms with Crippen LogP contribution in [0, 0.1) is 0 Å². The number of rotatable bonds is 3. The Morgan fingerprint density at radius 2 is 2.13 bits per heavy atom. The van der Waals surface area contributed by atoms with E-state index < -0.39 is 6.43 Å². The lowest BCUT2D eigenvalue weighted by Crippen LogP contribution is -2.54. The number of halogens is 2. The molecule has 1 aliphatic rings. The van der Waals surface area contributed by atoms with Crippen molar-refractivity contribution in [2.75, 3.05) is 13.1 Å². The molecule has 1 aromatic carbocycles. The van der Waals surface area contributed by atoms with Gasteiger partial charge in [0.2, 0.25) is 0 Å². The summed E-state index contributed by atoms with van der Waals surface area (Å²) in [5.74, 6) is 0. The van der Waals surface area contributed by atoms with E-state index in [1.807, 2.05) is 6.07 Å². The summed E-state index contributed by atoms with van der Waals surface area (Å²) in [5.41, 5.74) is 6.66. The zero-order valence-corrected chi connectivity index (χ0v) is 8.37. The third-order valence-corrected chi connectivity index (χ3v) is 2.59. The molecule has 0 aromatic heterocycles. The summed E-state index contributed by atoms with van der Waals surface area (Å²) in [4.78, 5) is 2.15. The van der Waals surface area contributed by atoms with Gasteiger partial charge in [-0.05, 0) is 11.6 Å². The highest BCUT2D eigenvalue weighted by atomic mass is 19.3. The molecule has 0 amide bonds. The van der Waals surface area contributed by atoms with Crippen LogP contribution in [-0.2, 0) is 6.54 Å². The van der Waals surface area contributed by atoms with E-state index in [4.69, 9.17) is 5.73 Å². The average Bonchev–Trinajstić information content (AvgIpc) is 2.16. The topological polar surface area (TPSA) is 29.3 Å². The second-order valence-corrected chi connectivity index (χ2v) is 4.00. The highest BCUT2D eigenvalue weighted by molar-refractivity contribution is 5.24. The molecule has 1 fully saturated rings. The number of hydrogen-bond donors (Lipinski definition) is 1. The SMILES string of the molecule is NC1CN(Cc2cccc(C(F)F)c2)C1. The van der Waals surface area contributed by atoms with Gasteiger partial charge in [-0.2, -0.15) is 0 Å². The van der Waals surface area contributed by atoms with Crippen LogP contribution in [0.3, 0.4) is 0 Å². The highest BCUT2D eigenvalue weighted by Gasteiger charge is 2.22. The van der Waals surface area contributed by atoms with E-state index in [1.165, 1.54) is 6.07 Å². The van der Waals surface area contributed by atoms with Gasteiger partial charge in [0.1, 0.15) is 0 Å². The minimum atomic E-state index is -2.39. The van der Waals surface area contributed by atoms with Crippen molar-refractivity contribution in [1.82, 2.24) is 4.90 Å². The Hall–Kier alpha value is -1.00. The second kappa shape index (κ2) is 4.24. The Balaban J connectivity index is 1.99. The molecule has 0 atom stereocenters. The highest BCUT2D eigenvalue weighted by Crippen LogP contribution is 2.21. The zero-order valence-electron chi connectivity index (χ0n) is 8.37. The lowest BCUT2D eigenvalue weighted by Gasteiger charge is -2.36. The standard InChI is InChI=1S/C11H14F2N2/c12-11(13)9-3-1-2-8(4-9)5-15-6-10(14)7-15/h1-4,10-11H,5-7,14H2. The van der Waals surface area contributed by atoms with Crippen molar-refractivity contribution in [3.05, 3.63) is 35.4 Å². The molecule has 0 saturated carbocycles. The van der Waals surface area contributed by atoms with Crippen molar-refractivity contribution in [2.24, 2.45) is 5.73 Å². The predicted octanol–water partition coefficient (Wildman–Crippen LogP) is 1.77. The summed E-state index contributed by atoms with van der Waals surface area (Å²) in [6, 6.07) is 6.82. The summed E-state index contributed by atoms with van der Waals surface area (Å²) in [6.45, 7) is 2.44. The quantitative estimate of drug-likeness (QED) is 0.827. The van der Waals surface area contributed by atoms with Crippen LogP contribution in [0.25, 0.3) is 0 Å². The number of hydrogen-bond acceptors (Lipinski definition) is 2. The largest absolute Gasteiger partial charge is 0.325 e. The van der Waals surface area contributed by atoms with Crippen LogP contribution in [0.1, 0.15) is 17.6 Å². The Morgan fingerprint density at radius 1 is 1.40 bits per heavy atom. The third kappa shape index (κ3) is 2.52. The number of likely N-dealkylation sites (tertiary alicyclic amines) is 1. The normalized spacial score (nSPS) is 18.1. The smallest absolute Gasteiger partial charge is 0.263 e. The van der Waals surface area contributed by atoms with E-state index in [0.29, 0.717) is 6.54 Å². The fraction of sp³-hybridized carbons (Fsp3) is 0.455. The molecule has 0 bridgehead atoms. The minimum absolute atomic E-state index is 0.0947. The van der Waals surface area contributed by atoms with Crippen LogP contribution >= 0.6 is 0 Å². The molecule has 0 radical (unpaired) electrons. The lowest BCUT2D eigenvalue weighted by atomic mass is 10.1. The van der Waals surface area contributed by atoms with Gasteiger partial charge >= 0.3 is 0 Å². The van der Waals surface area contributed by atoms with E-state index in [1.54, 1.807) is 12.1 Å². The van der Waals surface area contributed by atoms with Crippen molar-refractivity contribution in [1.29, 1.82) is 0 Å². The van der Waals surface area contributed by atoms with Crippen LogP contribution in [0.4, 0.5) is 8.78 Å². The molecule has 0 unspecified atom stereocenters. The summed E-state index contributed by atoms with van der Waals surface area (Å²) >= 11 is 0. The van der Waals surface area contributed by atoms with E-state index in [0.717, 1.165) is 18.7 Å². The first-order valence-corrected chi connectivity index (χ1v) is 5.00. The molecule has 1 aromatic rings. The first-order valence-electron chi connectivity index (χ1n) is 5.00. The fourth-order valence-electron chi connectivity index (χ4n) is 1.82. The van der Waals surface area contributed by atoms with Gasteiger partial charge in [-0.1, -0.05) is 18.2 Å². The van der Waals surface area contributed by atoms with Gasteiger partial charge in [-0.25, -0.2) is 8.78 Å². The van der Waals surface area contributed by atoms with E-state index >= 15 is 0 Å². The van der Waals surface area contributed by atoms with Crippen molar-refractivity contribution in [3.63, 3.8) is 0 Å². The summed E-state index contributed by atoms with van der Waals surface area (Å²) in [5, 5.41) is 0. The van der Waals surface area contributed by atoms with Crippen molar-refractivity contribution < 1.29 is 8.78 Å². The predicted molar refractivity (Wildman–Crippen MR) is 54.7 cm³/mol. The minimum Gasteiger partial charge on any atom is -0.325 e. The Morgan fingerprint density at radius 3 is 2.73 bits per heavy atom. The molecule has 15 heavy (non-hydrogen) atoms. The van der Waals surface area contributed by atoms with Gasteiger partial charge in [-0.15, -0.1) is 0 Å². The molecule has 1 saturated heterocycles. The Kier molecular flexibility index (Phi) is 2.98. The summed E-state index contributed by atoms with van der Waals surface area (Å²) < 4.78 is 24.8. The molecule has 0 spiro atoms. The first kappa shape index (κ1) is 10.5. The molecule has 1 aliphatic heterocycles. The van der Waals surface area contributed by atoms with Crippen LogP contribution in [0.15, 0.2) is 24.3 Å². The molecule has 2 nitrogen and oxygen atoms in total. The van der Waals surface area contributed by atoms with Crippen LogP contribution in [0.2, 0.25) is 0 Å². The van der Waals surface area contributed by atoms with Gasteiger partial charge in [0.05, 0.1) is 0 Å². The Bertz CT molecular complexity index is 335. The number of alkyl halides is 2. The van der Waals surface area contributed by atoms with E-state index in [2.05, 4.69) is 4.90 Å². The van der Waals surface area contributed by atoms with Crippen molar-refractivity contribution >= 4 is 0 Å². The first-order chi connectivity index (χ1) is 7.15. The molecule has 0 aliphatic carbocycles. The summed E-state index contributed by atoms with van der Waals surface area (Å²) in [6.07, 6.45) is -2.39. The average molecular weight is 212 g/mol. The zero-order chi connectivity index (χ0) is 10.8. The van der Waals surface area contributed by atoms with Gasteiger partial charge in [0.25, 0.3) is 6.43 Å². The van der Waals surface area contributed by atoms with Crippen molar-refractivity contribution in [2.45, 2.75) is 19.0 Å². The lowest BCUT2D eigenvalue weighted by molar-refractivity contribution is 0.140. The van der Waals surface area contributed by atoms with E-state index in [-0.39, 0.29) is 11.6 Å². The fourth-order valence-corrected chi connectivity index (χ4v) is 1.82. The molecule has 2 N–H and O–H groups in total. The van der Waals surface area contributed by atoms with Crippen molar-refractivity contribution in [3.8, 4) is 0 Å². The maximum absolute atomic E-state index is 12.4. The third-order valence-electron chi connectivity index (χ3n) is 2.59. The number of nitrogens with two attached hydrogens (primary N) is 1. The molecule has 82 valence electrons. The molecule has 2 rings (SSSR count). The number of nitrogens with zero attached hydrogens (tertiary/aromatic N) is 1. The van der Waals surface area contributed by atoms with Gasteiger partial charge in [0.15, 0.2) is 0 Å². The Labute approximate surface area is 87.7 Å². The van der Waals surface area contributed by atoms with Crippen LogP contribution < -0.4 is 5.73 Å². The van der Waals surface area contributed by atoms with Crippen LogP contribution in [0.5, 0.6) is 0 Å². The summed E-state index contributed by atoms with van der Waals surface area (Å²) in [7, 11) is 0.